The molecule has 0 bridgehead atoms. The lowest BCUT2D eigenvalue weighted by Crippen LogP contribution is -2.33. The van der Waals surface area contributed by atoms with Crippen LogP contribution in [0.2, 0.25) is 0 Å². The summed E-state index contributed by atoms with van der Waals surface area (Å²) in [7, 11) is 10.6. The van der Waals surface area contributed by atoms with Crippen molar-refractivity contribution in [3.05, 3.63) is 0 Å². The number of nitrogens with zero attached hydrogens (tertiary/aromatic N) is 5. The van der Waals surface area contributed by atoms with Crippen molar-refractivity contribution in [2.24, 2.45) is 0 Å². The molecule has 0 N–H and O–H groups in total. The Morgan fingerprint density at radius 3 is 0.875 bits per heavy atom. The zero-order chi connectivity index (χ0) is 19.5. The Kier molecular flexibility index (Phi) is 24.8. The van der Waals surface area contributed by atoms with Gasteiger partial charge < -0.3 is 4.90 Å². The first-order valence-corrected chi connectivity index (χ1v) is 9.64. The van der Waals surface area contributed by atoms with Crippen molar-refractivity contribution in [2.75, 3.05) is 87.8 Å². The number of hydrogen-bond acceptors (Lipinski definition) is 5. The Morgan fingerprint density at radius 1 is 0.417 bits per heavy atom. The van der Waals surface area contributed by atoms with E-state index in [1.165, 1.54) is 0 Å². The van der Waals surface area contributed by atoms with Crippen LogP contribution in [0.1, 0.15) is 41.5 Å². The molecule has 5 nitrogen and oxygen atoms in total. The molecule has 0 saturated heterocycles. The molecular formula is C19H49N5. The second-order valence-electron chi connectivity index (χ2n) is 6.50. The van der Waals surface area contributed by atoms with Crippen LogP contribution in [0, 0.1) is 0 Å². The lowest BCUT2D eigenvalue weighted by atomic mass is 10.5. The standard InChI is InChI=1S/2C7H18N2.C5H13N/c1-5-8(3)7-9(4)6-2;1-5-9(6-2)7-8(3)4;1-4-6(3)5-2/h2*5-7H2,1-4H3;4-5H2,1-3H3. The van der Waals surface area contributed by atoms with Crippen molar-refractivity contribution in [1.29, 1.82) is 0 Å². The second-order valence-corrected chi connectivity index (χ2v) is 6.50. The van der Waals surface area contributed by atoms with Gasteiger partial charge in [0.1, 0.15) is 0 Å². The van der Waals surface area contributed by atoms with Crippen molar-refractivity contribution in [2.45, 2.75) is 41.5 Å². The molecule has 0 aliphatic heterocycles. The first-order valence-electron chi connectivity index (χ1n) is 9.64. The van der Waals surface area contributed by atoms with Crippen molar-refractivity contribution in [3.63, 3.8) is 0 Å². The highest BCUT2D eigenvalue weighted by Crippen LogP contribution is 1.86. The molecule has 0 aliphatic carbocycles. The Balaban J connectivity index is -0.000000282. The molecule has 0 fully saturated rings. The summed E-state index contributed by atoms with van der Waals surface area (Å²) >= 11 is 0. The molecule has 0 heterocycles. The summed E-state index contributed by atoms with van der Waals surface area (Å²) in [6, 6.07) is 0. The molecule has 0 aromatic carbocycles. The average molecular weight is 348 g/mol. The largest absolute Gasteiger partial charge is 0.307 e. The van der Waals surface area contributed by atoms with Gasteiger partial charge in [0.15, 0.2) is 0 Å². The zero-order valence-corrected chi connectivity index (χ0v) is 18.9. The van der Waals surface area contributed by atoms with E-state index in [2.05, 4.69) is 101 Å². The van der Waals surface area contributed by atoms with Crippen molar-refractivity contribution >= 4 is 0 Å². The van der Waals surface area contributed by atoms with Gasteiger partial charge in [0.2, 0.25) is 0 Å². The molecule has 150 valence electrons. The van der Waals surface area contributed by atoms with E-state index in [1.54, 1.807) is 0 Å². The van der Waals surface area contributed by atoms with E-state index in [1.807, 2.05) is 0 Å². The van der Waals surface area contributed by atoms with E-state index in [0.717, 1.165) is 52.6 Å². The van der Waals surface area contributed by atoms with Gasteiger partial charge in [-0.1, -0.05) is 41.5 Å². The molecule has 0 saturated carbocycles. The minimum absolute atomic E-state index is 1.08. The Hall–Kier alpha value is -0.200. The molecule has 0 rings (SSSR count). The molecular weight excluding hydrogens is 298 g/mol. The lowest BCUT2D eigenvalue weighted by molar-refractivity contribution is 0.192. The first-order chi connectivity index (χ1) is 11.2. The third-order valence-electron chi connectivity index (χ3n) is 4.02. The second kappa shape index (κ2) is 20.8. The first kappa shape index (κ1) is 28.6. The summed E-state index contributed by atoms with van der Waals surface area (Å²) in [5.41, 5.74) is 0. The fraction of sp³-hybridized carbons (Fsp3) is 1.00. The van der Waals surface area contributed by atoms with Crippen LogP contribution in [0.4, 0.5) is 0 Å². The third-order valence-corrected chi connectivity index (χ3v) is 4.02. The van der Waals surface area contributed by atoms with Crippen LogP contribution in [0.15, 0.2) is 0 Å². The van der Waals surface area contributed by atoms with E-state index in [0.29, 0.717) is 0 Å². The summed E-state index contributed by atoms with van der Waals surface area (Å²) in [4.78, 5) is 11.4. The summed E-state index contributed by atoms with van der Waals surface area (Å²) < 4.78 is 0. The molecule has 0 atom stereocenters. The van der Waals surface area contributed by atoms with Crippen LogP contribution >= 0.6 is 0 Å². The van der Waals surface area contributed by atoms with Crippen molar-refractivity contribution in [3.8, 4) is 0 Å². The zero-order valence-electron chi connectivity index (χ0n) is 18.9. The Bertz CT molecular complexity index is 208. The molecule has 5 heteroatoms. The SMILES string of the molecule is CCN(C)CC.CCN(C)CN(C)CC.CCN(CC)CN(C)C. The van der Waals surface area contributed by atoms with Gasteiger partial charge in [0.05, 0.1) is 0 Å². The van der Waals surface area contributed by atoms with Crippen LogP contribution in [0.5, 0.6) is 0 Å². The highest BCUT2D eigenvalue weighted by molar-refractivity contribution is 4.48. The summed E-state index contributed by atoms with van der Waals surface area (Å²) in [6.45, 7) is 22.1. The molecule has 24 heavy (non-hydrogen) atoms. The molecule has 0 radical (unpaired) electrons. The molecule has 0 aromatic rings. The van der Waals surface area contributed by atoms with E-state index >= 15 is 0 Å². The quantitative estimate of drug-likeness (QED) is 0.563. The average Bonchev–Trinajstić information content (AvgIpc) is 2.59. The summed E-state index contributed by atoms with van der Waals surface area (Å²) in [5.74, 6) is 0. The molecule has 0 spiro atoms. The summed E-state index contributed by atoms with van der Waals surface area (Å²) in [5, 5.41) is 0. The van der Waals surface area contributed by atoms with Crippen LogP contribution in [-0.2, 0) is 0 Å². The molecule has 0 amide bonds. The van der Waals surface area contributed by atoms with Crippen LogP contribution in [-0.4, -0.2) is 112 Å². The Morgan fingerprint density at radius 2 is 0.750 bits per heavy atom. The highest BCUT2D eigenvalue weighted by atomic mass is 15.3. The number of hydrogen-bond donors (Lipinski definition) is 0. The van der Waals surface area contributed by atoms with Gasteiger partial charge in [-0.3, -0.25) is 19.6 Å². The van der Waals surface area contributed by atoms with Gasteiger partial charge in [0, 0.05) is 13.3 Å². The predicted octanol–water partition coefficient (Wildman–Crippen LogP) is 2.65. The fourth-order valence-corrected chi connectivity index (χ4v) is 1.66. The maximum absolute atomic E-state index is 2.38. The monoisotopic (exact) mass is 347 g/mol. The van der Waals surface area contributed by atoms with Gasteiger partial charge in [-0.25, -0.2) is 0 Å². The fourth-order valence-electron chi connectivity index (χ4n) is 1.66. The summed E-state index contributed by atoms with van der Waals surface area (Å²) in [6.07, 6.45) is 0. The number of rotatable bonds is 10. The molecule has 0 aliphatic rings. The third kappa shape index (κ3) is 24.1. The molecule has 0 unspecified atom stereocenters. The Labute approximate surface area is 154 Å². The minimum atomic E-state index is 1.08. The minimum Gasteiger partial charge on any atom is -0.307 e. The van der Waals surface area contributed by atoms with Gasteiger partial charge in [-0.05, 0) is 74.5 Å². The van der Waals surface area contributed by atoms with E-state index in [4.69, 9.17) is 0 Å². The van der Waals surface area contributed by atoms with E-state index in [-0.39, 0.29) is 0 Å². The van der Waals surface area contributed by atoms with Gasteiger partial charge in [-0.2, -0.15) is 0 Å². The van der Waals surface area contributed by atoms with Gasteiger partial charge in [-0.15, -0.1) is 0 Å². The van der Waals surface area contributed by atoms with Crippen molar-refractivity contribution < 1.29 is 0 Å². The maximum Gasteiger partial charge on any atom is 0.0500 e. The van der Waals surface area contributed by atoms with Crippen LogP contribution in [0.25, 0.3) is 0 Å². The maximum atomic E-state index is 2.38. The molecule has 0 aromatic heterocycles. The van der Waals surface area contributed by atoms with Crippen LogP contribution in [0.3, 0.4) is 0 Å². The highest BCUT2D eigenvalue weighted by Gasteiger charge is 1.97. The van der Waals surface area contributed by atoms with E-state index < -0.39 is 0 Å². The van der Waals surface area contributed by atoms with Gasteiger partial charge >= 0.3 is 0 Å². The van der Waals surface area contributed by atoms with Crippen molar-refractivity contribution in [1.82, 2.24) is 24.5 Å². The predicted molar refractivity (Wildman–Crippen MR) is 112 cm³/mol. The lowest BCUT2D eigenvalue weighted by Gasteiger charge is -2.22. The normalized spacial score (nSPS) is 11.0. The topological polar surface area (TPSA) is 16.2 Å². The van der Waals surface area contributed by atoms with Crippen LogP contribution < -0.4 is 0 Å². The smallest absolute Gasteiger partial charge is 0.0500 e. The van der Waals surface area contributed by atoms with Gasteiger partial charge in [0.25, 0.3) is 0 Å². The van der Waals surface area contributed by atoms with E-state index in [9.17, 15) is 0 Å².